The Balaban J connectivity index is -0.00000000167. The summed E-state index contributed by atoms with van der Waals surface area (Å²) in [6.07, 6.45) is 0. The van der Waals surface area contributed by atoms with Crippen LogP contribution in [0.5, 0.6) is 0 Å². The van der Waals surface area contributed by atoms with E-state index in [0.29, 0.717) is 0 Å². The first kappa shape index (κ1) is 16.6. The summed E-state index contributed by atoms with van der Waals surface area (Å²) in [6, 6.07) is 0. The van der Waals surface area contributed by atoms with Gasteiger partial charge in [-0.05, 0) is 0 Å². The van der Waals surface area contributed by atoms with Crippen molar-refractivity contribution >= 4 is 0 Å². The minimum Gasteiger partial charge on any atom is -1.00 e. The summed E-state index contributed by atoms with van der Waals surface area (Å²) < 4.78 is 0. The molecule has 0 atom stereocenters. The zero-order chi connectivity index (χ0) is 2.00. The van der Waals surface area contributed by atoms with E-state index in [9.17, 15) is 0 Å². The summed E-state index contributed by atoms with van der Waals surface area (Å²) >= 11 is 0. The molecule has 4 heavy (non-hydrogen) atoms. The molecule has 0 bridgehead atoms. The van der Waals surface area contributed by atoms with Gasteiger partial charge < -0.3 is 1.43 Å². The van der Waals surface area contributed by atoms with Gasteiger partial charge in [0.05, 0.1) is 0 Å². The molecule has 0 amide bonds. The second kappa shape index (κ2) is 19.7. The van der Waals surface area contributed by atoms with Crippen LogP contribution in [0.2, 0.25) is 0 Å². The van der Waals surface area contributed by atoms with Crippen LogP contribution in [0.4, 0.5) is 0 Å². The molecule has 0 aromatic heterocycles. The molecular weight excluding hydrogens is 178 g/mol. The summed E-state index contributed by atoms with van der Waals surface area (Å²) in [5, 5.41) is 6.50. The van der Waals surface area contributed by atoms with Gasteiger partial charge in [-0.1, -0.05) is 0 Å². The minimum atomic E-state index is 0. The first-order valence-electron chi connectivity index (χ1n) is 0.258. The fourth-order valence-corrected chi connectivity index (χ4v) is 0. The molecule has 0 radical (unpaired) electrons. The summed E-state index contributed by atoms with van der Waals surface area (Å²) in [5.41, 5.74) is 0. The smallest absolute Gasteiger partial charge is 1.00 e. The van der Waals surface area contributed by atoms with Gasteiger partial charge in [-0.3, -0.25) is 0 Å². The molecule has 0 aliphatic heterocycles. The standard InChI is InChI=1S/CHN.Cd.K.H/c1-2;;;/h1H;;;/q;;+1;-1. The van der Waals surface area contributed by atoms with Crippen molar-refractivity contribution in [1.82, 2.24) is 0 Å². The average Bonchev–Trinajstić information content (AvgIpc) is 1.00. The Bertz CT molecular complexity index is 16.4. The average molecular weight is 180 g/mol. The molecule has 14 valence electrons. The quantitative estimate of drug-likeness (QED) is 0.370. The van der Waals surface area contributed by atoms with Crippen LogP contribution in [0.3, 0.4) is 0 Å². The fourth-order valence-electron chi connectivity index (χ4n) is 0. The molecule has 0 fully saturated rings. The van der Waals surface area contributed by atoms with Crippen molar-refractivity contribution in [3.63, 3.8) is 0 Å². The van der Waals surface area contributed by atoms with Crippen molar-refractivity contribution in [3.8, 4) is 6.57 Å². The molecule has 0 heterocycles. The number of nitrogens with zero attached hydrogens (tertiary/aromatic N) is 1. The van der Waals surface area contributed by atoms with E-state index < -0.39 is 0 Å². The summed E-state index contributed by atoms with van der Waals surface area (Å²) in [4.78, 5) is 0. The Hall–Kier alpha value is 2.05. The summed E-state index contributed by atoms with van der Waals surface area (Å²) in [7, 11) is 0. The largest absolute Gasteiger partial charge is 1.00 e. The molecule has 0 unspecified atom stereocenters. The maximum Gasteiger partial charge on any atom is 1.00 e. The van der Waals surface area contributed by atoms with Crippen molar-refractivity contribution in [1.29, 1.82) is 5.26 Å². The van der Waals surface area contributed by atoms with Crippen LogP contribution in [0.15, 0.2) is 0 Å². The molecular formula is CH2CdKN. The SMILES string of the molecule is C#N.[Cd].[H-].[K+]. The Morgan fingerprint density at radius 2 is 1.50 bits per heavy atom. The van der Waals surface area contributed by atoms with Gasteiger partial charge in [0.15, 0.2) is 0 Å². The third kappa shape index (κ3) is 8.97. The van der Waals surface area contributed by atoms with Crippen LogP contribution in [0.1, 0.15) is 1.43 Å². The third-order valence-electron chi connectivity index (χ3n) is 0. The second-order valence-corrected chi connectivity index (χ2v) is 0. The molecule has 0 rings (SSSR count). The van der Waals surface area contributed by atoms with Crippen LogP contribution in [-0.4, -0.2) is 0 Å². The zero-order valence-electron chi connectivity index (χ0n) is 3.73. The van der Waals surface area contributed by atoms with E-state index in [2.05, 4.69) is 6.57 Å². The number of nitriles is 1. The molecule has 0 aliphatic rings. The normalized spacial score (nSPS) is 0.500. The van der Waals surface area contributed by atoms with Gasteiger partial charge in [-0.25, -0.2) is 5.26 Å². The number of hydrogen-bond acceptors (Lipinski definition) is 1. The molecule has 0 N–H and O–H groups in total. The predicted octanol–water partition coefficient (Wildman–Crippen LogP) is -2.75. The maximum absolute atomic E-state index is 6.50. The van der Waals surface area contributed by atoms with Crippen molar-refractivity contribution in [2.75, 3.05) is 0 Å². The maximum atomic E-state index is 6.50. The topological polar surface area (TPSA) is 23.8 Å². The molecule has 0 aromatic carbocycles. The van der Waals surface area contributed by atoms with E-state index in [1.165, 1.54) is 0 Å². The zero-order valence-corrected chi connectivity index (χ0v) is 9.89. The monoisotopic (exact) mass is 181 g/mol. The van der Waals surface area contributed by atoms with Gasteiger partial charge in [0.2, 0.25) is 0 Å². The third-order valence-corrected chi connectivity index (χ3v) is 0. The van der Waals surface area contributed by atoms with Crippen LogP contribution in [-0.2, 0) is 27.3 Å². The van der Waals surface area contributed by atoms with Crippen molar-refractivity contribution in [2.24, 2.45) is 0 Å². The molecule has 1 nitrogen and oxygen atoms in total. The number of rotatable bonds is 0. The van der Waals surface area contributed by atoms with Gasteiger partial charge >= 0.3 is 51.4 Å². The van der Waals surface area contributed by atoms with Crippen molar-refractivity contribution in [3.05, 3.63) is 0 Å². The van der Waals surface area contributed by atoms with Crippen molar-refractivity contribution < 1.29 is 80.1 Å². The van der Waals surface area contributed by atoms with E-state index in [1.807, 2.05) is 0 Å². The molecule has 0 saturated heterocycles. The van der Waals surface area contributed by atoms with E-state index >= 15 is 0 Å². The Morgan fingerprint density at radius 3 is 1.50 bits per heavy atom. The van der Waals surface area contributed by atoms with Crippen LogP contribution >= 0.6 is 0 Å². The molecule has 0 spiro atoms. The van der Waals surface area contributed by atoms with E-state index in [0.717, 1.165) is 0 Å². The first-order chi connectivity index (χ1) is 1.00. The van der Waals surface area contributed by atoms with Gasteiger partial charge in [0.1, 0.15) is 0 Å². The minimum absolute atomic E-state index is 0. The number of hydrogen-bond donors (Lipinski definition) is 0. The summed E-state index contributed by atoms with van der Waals surface area (Å²) in [6.45, 7) is 3.50. The molecule has 0 aliphatic carbocycles. The van der Waals surface area contributed by atoms with Crippen LogP contribution in [0.25, 0.3) is 0 Å². The second-order valence-electron chi connectivity index (χ2n) is 0. The molecule has 3 heteroatoms. The Labute approximate surface area is 89.8 Å². The first-order valence-corrected chi connectivity index (χ1v) is 0.258. The Morgan fingerprint density at radius 1 is 1.50 bits per heavy atom. The van der Waals surface area contributed by atoms with Gasteiger partial charge in [-0.15, -0.1) is 0 Å². The van der Waals surface area contributed by atoms with E-state index in [4.69, 9.17) is 5.26 Å². The van der Waals surface area contributed by atoms with E-state index in [1.54, 1.807) is 0 Å². The Kier molecular flexibility index (Phi) is 81.8. The van der Waals surface area contributed by atoms with Gasteiger partial charge in [-0.2, -0.15) is 0 Å². The van der Waals surface area contributed by atoms with Crippen LogP contribution < -0.4 is 51.4 Å². The molecule has 0 saturated carbocycles. The van der Waals surface area contributed by atoms with Crippen molar-refractivity contribution in [2.45, 2.75) is 0 Å². The summed E-state index contributed by atoms with van der Waals surface area (Å²) in [5.74, 6) is 0. The fraction of sp³-hybridized carbons (Fsp3) is 0. The van der Waals surface area contributed by atoms with Gasteiger partial charge in [0, 0.05) is 33.9 Å². The molecule has 0 aromatic rings. The predicted molar refractivity (Wildman–Crippen MR) is 7.78 cm³/mol. The van der Waals surface area contributed by atoms with E-state index in [-0.39, 0.29) is 80.1 Å². The van der Waals surface area contributed by atoms with Crippen LogP contribution in [0, 0.1) is 11.8 Å². The van der Waals surface area contributed by atoms with Gasteiger partial charge in [0.25, 0.3) is 0 Å².